The fraction of sp³-hybridized carbons (Fsp3) is 0.600. The van der Waals surface area contributed by atoms with Crippen molar-refractivity contribution >= 4 is 35.7 Å². The van der Waals surface area contributed by atoms with Crippen LogP contribution in [0.15, 0.2) is 11.0 Å². The molecule has 1 aromatic heterocycles. The van der Waals surface area contributed by atoms with E-state index >= 15 is 0 Å². The smallest absolute Gasteiger partial charge is 0.389 e. The van der Waals surface area contributed by atoms with E-state index in [-0.39, 0.29) is 10.8 Å². The molecule has 1 heterocycles. The van der Waals surface area contributed by atoms with Gasteiger partial charge in [-0.3, -0.25) is 14.1 Å². The van der Waals surface area contributed by atoms with Gasteiger partial charge in [-0.25, -0.2) is 27.3 Å². The van der Waals surface area contributed by atoms with Crippen LogP contribution in [0.25, 0.3) is 0 Å². The summed E-state index contributed by atoms with van der Waals surface area (Å²) in [5.74, 6) is -1.39. The minimum absolute atomic E-state index is 0.121. The molecule has 0 fully saturated rings. The SMILES string of the molecule is O=c1[nH]c(=S)c(F)cn1CC(F)([C@@H](O)CCOP(=O)(O)OP(=O)(O)OP(=O)(O)O)C(F)(F)F. The maximum Gasteiger partial charge on any atom is 0.490 e. The van der Waals surface area contributed by atoms with E-state index < -0.39 is 77.1 Å². The lowest BCUT2D eigenvalue weighted by Gasteiger charge is -2.32. The standard InChI is InChI=1S/C10H14F5N2O12P3S/c11-5-3-17(8(19)16-7(5)33)4-9(12,10(13,14)15)6(18)1-2-27-31(23,24)29-32(25,26)28-30(20,21)22/h3,6,18H,1-2,4H2,(H,23,24)(H,25,26)(H,16,19,33)(H2,20,21,22)/t6-,9?/m0/s1. The predicted octanol–water partition coefficient (Wildman–Crippen LogP) is 1.41. The van der Waals surface area contributed by atoms with Gasteiger partial charge in [-0.05, 0) is 0 Å². The number of aromatic amines is 1. The van der Waals surface area contributed by atoms with Crippen LogP contribution in [0.2, 0.25) is 0 Å². The summed E-state index contributed by atoms with van der Waals surface area (Å²) in [5.41, 5.74) is -6.12. The minimum Gasteiger partial charge on any atom is -0.389 e. The van der Waals surface area contributed by atoms with Crippen molar-refractivity contribution in [2.24, 2.45) is 0 Å². The molecule has 4 atom stereocenters. The molecule has 6 N–H and O–H groups in total. The number of H-pyrrole nitrogens is 1. The van der Waals surface area contributed by atoms with Crippen molar-refractivity contribution in [1.29, 1.82) is 0 Å². The van der Waals surface area contributed by atoms with Gasteiger partial charge >= 0.3 is 35.3 Å². The quantitative estimate of drug-likeness (QED) is 0.125. The Balaban J connectivity index is 2.97. The number of aliphatic hydroxyl groups is 1. The minimum atomic E-state index is -5.92. The van der Waals surface area contributed by atoms with Crippen molar-refractivity contribution in [2.45, 2.75) is 30.9 Å². The van der Waals surface area contributed by atoms with Crippen LogP contribution in [-0.4, -0.2) is 58.8 Å². The summed E-state index contributed by atoms with van der Waals surface area (Å²) in [7, 11) is -17.4. The average Bonchev–Trinajstić information content (AvgIpc) is 2.54. The first-order valence-corrected chi connectivity index (χ1v) is 12.7. The number of hydrogen-bond acceptors (Lipinski definition) is 9. The molecular weight excluding hydrogens is 560 g/mol. The summed E-state index contributed by atoms with van der Waals surface area (Å²) in [5, 5.41) is 9.70. The van der Waals surface area contributed by atoms with Gasteiger partial charge in [0.05, 0.1) is 13.2 Å². The number of phosphoric ester groups is 1. The van der Waals surface area contributed by atoms with Crippen molar-refractivity contribution in [3.8, 4) is 0 Å². The first-order chi connectivity index (χ1) is 14.6. The molecule has 192 valence electrons. The fourth-order valence-corrected chi connectivity index (χ4v) is 5.21. The van der Waals surface area contributed by atoms with Crippen LogP contribution in [0.5, 0.6) is 0 Å². The molecule has 0 aromatic carbocycles. The molecule has 1 rings (SSSR count). The molecule has 0 amide bonds. The van der Waals surface area contributed by atoms with Crippen molar-refractivity contribution in [2.75, 3.05) is 6.61 Å². The summed E-state index contributed by atoms with van der Waals surface area (Å²) in [6.07, 6.45) is -10.3. The molecule has 0 aliphatic heterocycles. The van der Waals surface area contributed by atoms with E-state index in [1.165, 1.54) is 0 Å². The Labute approximate surface area is 184 Å². The zero-order chi connectivity index (χ0) is 26.0. The van der Waals surface area contributed by atoms with Gasteiger partial charge in [0.25, 0.3) is 0 Å². The van der Waals surface area contributed by atoms with E-state index in [0.717, 1.165) is 0 Å². The van der Waals surface area contributed by atoms with E-state index in [9.17, 15) is 50.4 Å². The highest BCUT2D eigenvalue weighted by Gasteiger charge is 2.61. The molecule has 0 saturated heterocycles. The molecule has 14 nitrogen and oxygen atoms in total. The van der Waals surface area contributed by atoms with Gasteiger partial charge < -0.3 is 24.7 Å². The lowest BCUT2D eigenvalue weighted by molar-refractivity contribution is -0.266. The van der Waals surface area contributed by atoms with Crippen LogP contribution < -0.4 is 5.69 Å². The Morgan fingerprint density at radius 2 is 1.64 bits per heavy atom. The molecule has 0 aliphatic carbocycles. The number of aromatic nitrogens is 2. The summed E-state index contributed by atoms with van der Waals surface area (Å²) in [6.45, 7) is -3.46. The summed E-state index contributed by atoms with van der Waals surface area (Å²) in [4.78, 5) is 48.1. The second-order valence-corrected chi connectivity index (χ2v) is 10.8. The Kier molecular flexibility index (Phi) is 9.50. The van der Waals surface area contributed by atoms with Crippen LogP contribution >= 0.6 is 35.7 Å². The maximum absolute atomic E-state index is 14.8. The largest absolute Gasteiger partial charge is 0.490 e. The molecule has 0 bridgehead atoms. The average molecular weight is 574 g/mol. The first kappa shape index (κ1) is 30.2. The number of halogens is 5. The summed E-state index contributed by atoms with van der Waals surface area (Å²) in [6, 6.07) is 0. The second-order valence-electron chi connectivity index (χ2n) is 5.95. The third-order valence-electron chi connectivity index (χ3n) is 3.43. The monoisotopic (exact) mass is 574 g/mol. The van der Waals surface area contributed by atoms with Gasteiger partial charge in [0.1, 0.15) is 10.7 Å². The van der Waals surface area contributed by atoms with Gasteiger partial charge in [0, 0.05) is 12.6 Å². The zero-order valence-electron chi connectivity index (χ0n) is 15.5. The number of rotatable bonds is 11. The molecule has 0 aliphatic rings. The number of aliphatic hydroxyl groups excluding tert-OH is 1. The van der Waals surface area contributed by atoms with Crippen LogP contribution in [0.4, 0.5) is 22.0 Å². The highest BCUT2D eigenvalue weighted by atomic mass is 32.1. The normalized spacial score (nSPS) is 19.3. The van der Waals surface area contributed by atoms with Crippen LogP contribution in [-0.2, 0) is 33.4 Å². The van der Waals surface area contributed by atoms with Crippen molar-refractivity contribution in [1.82, 2.24) is 9.55 Å². The topological polar surface area (TPSA) is 218 Å². The Morgan fingerprint density at radius 3 is 2.12 bits per heavy atom. The molecule has 23 heteroatoms. The van der Waals surface area contributed by atoms with Gasteiger partial charge in [0.15, 0.2) is 5.82 Å². The number of alkyl halides is 4. The number of nitrogens with zero attached hydrogens (tertiary/aromatic N) is 1. The van der Waals surface area contributed by atoms with Crippen LogP contribution in [0.1, 0.15) is 6.42 Å². The van der Waals surface area contributed by atoms with Gasteiger partial charge in [-0.1, -0.05) is 12.2 Å². The molecule has 1 aromatic rings. The van der Waals surface area contributed by atoms with Crippen molar-refractivity contribution in [3.05, 3.63) is 27.1 Å². The highest BCUT2D eigenvalue weighted by Crippen LogP contribution is 2.66. The van der Waals surface area contributed by atoms with Crippen LogP contribution in [0, 0.1) is 10.5 Å². The van der Waals surface area contributed by atoms with E-state index in [4.69, 9.17) is 14.7 Å². The van der Waals surface area contributed by atoms with Gasteiger partial charge in [0.2, 0.25) is 5.67 Å². The number of nitrogens with one attached hydrogen (secondary N) is 1. The lowest BCUT2D eigenvalue weighted by Crippen LogP contribution is -2.55. The maximum atomic E-state index is 14.8. The van der Waals surface area contributed by atoms with E-state index in [0.29, 0.717) is 0 Å². The van der Waals surface area contributed by atoms with Crippen LogP contribution in [0.3, 0.4) is 0 Å². The molecule has 0 spiro atoms. The number of phosphoric acid groups is 3. The molecule has 0 saturated carbocycles. The summed E-state index contributed by atoms with van der Waals surface area (Å²) < 4.78 is 111. The highest BCUT2D eigenvalue weighted by molar-refractivity contribution is 7.71. The van der Waals surface area contributed by atoms with Gasteiger partial charge in [-0.2, -0.15) is 21.8 Å². The first-order valence-electron chi connectivity index (χ1n) is 7.80. The van der Waals surface area contributed by atoms with Crippen molar-refractivity contribution in [3.63, 3.8) is 0 Å². The molecular formula is C10H14F5N2O12P3S. The Morgan fingerprint density at radius 1 is 1.09 bits per heavy atom. The lowest BCUT2D eigenvalue weighted by atomic mass is 9.95. The van der Waals surface area contributed by atoms with E-state index in [1.54, 1.807) is 4.98 Å². The Bertz CT molecular complexity index is 1120. The van der Waals surface area contributed by atoms with Gasteiger partial charge in [-0.15, -0.1) is 0 Å². The number of hydrogen-bond donors (Lipinski definition) is 6. The van der Waals surface area contributed by atoms with Crippen molar-refractivity contribution < 1.29 is 73.5 Å². The molecule has 33 heavy (non-hydrogen) atoms. The predicted molar refractivity (Wildman–Crippen MR) is 96.2 cm³/mol. The molecule has 3 unspecified atom stereocenters. The van der Waals surface area contributed by atoms with E-state index in [2.05, 4.69) is 25.4 Å². The fourth-order valence-electron chi connectivity index (χ4n) is 2.04. The summed E-state index contributed by atoms with van der Waals surface area (Å²) >= 11 is 4.35. The Hall–Kier alpha value is -0.880. The third-order valence-corrected chi connectivity index (χ3v) is 7.56. The van der Waals surface area contributed by atoms with E-state index in [1.807, 2.05) is 0 Å². The second kappa shape index (κ2) is 10.4. The zero-order valence-corrected chi connectivity index (χ0v) is 19.0. The third kappa shape index (κ3) is 9.01. The molecule has 0 radical (unpaired) electrons.